The summed E-state index contributed by atoms with van der Waals surface area (Å²) in [6.07, 6.45) is 2.75. The van der Waals surface area contributed by atoms with Crippen molar-refractivity contribution in [2.75, 3.05) is 38.2 Å². The van der Waals surface area contributed by atoms with Gasteiger partial charge in [-0.3, -0.25) is 9.58 Å². The Labute approximate surface area is 145 Å². The molecule has 1 saturated heterocycles. The minimum Gasteiger partial charge on any atom is -0.390 e. The van der Waals surface area contributed by atoms with Crippen LogP contribution in [0.25, 0.3) is 0 Å². The molecular weight excluding hydrogens is 325 g/mol. The zero-order valence-corrected chi connectivity index (χ0v) is 13.7. The van der Waals surface area contributed by atoms with Crippen molar-refractivity contribution >= 4 is 11.4 Å². The van der Waals surface area contributed by atoms with Crippen molar-refractivity contribution in [3.05, 3.63) is 42.0 Å². The molecule has 0 saturated carbocycles. The topological polar surface area (TPSA) is 86.3 Å². The van der Waals surface area contributed by atoms with Crippen molar-refractivity contribution < 1.29 is 14.2 Å². The maximum absolute atomic E-state index is 13.6. The van der Waals surface area contributed by atoms with Crippen LogP contribution in [0, 0.1) is 17.1 Å². The molecule has 0 bridgehead atoms. The maximum atomic E-state index is 13.6. The average Bonchev–Trinajstić information content (AvgIpc) is 3.03. The van der Waals surface area contributed by atoms with Crippen molar-refractivity contribution in [1.29, 1.82) is 5.26 Å². The number of hydrogen-bond donors (Lipinski definition) is 2. The molecule has 7 nitrogen and oxygen atoms in total. The zero-order valence-electron chi connectivity index (χ0n) is 13.7. The van der Waals surface area contributed by atoms with Gasteiger partial charge in [0.1, 0.15) is 17.4 Å². The summed E-state index contributed by atoms with van der Waals surface area (Å²) in [5, 5.41) is 26.5. The van der Waals surface area contributed by atoms with Gasteiger partial charge < -0.3 is 15.2 Å². The highest BCUT2D eigenvalue weighted by Gasteiger charge is 2.16. The standard InChI is InChI=1S/C17H20FN5O2/c18-16-2-1-3-17(15(16)8-19)21-13-9-20-23(10-13)12-14(24)11-22-4-6-25-7-5-22/h1-3,9-10,14,21,24H,4-7,11-12H2/t14-/m0/s1. The Kier molecular flexibility index (Phi) is 5.60. The summed E-state index contributed by atoms with van der Waals surface area (Å²) in [5.41, 5.74) is 0.971. The van der Waals surface area contributed by atoms with Crippen LogP contribution < -0.4 is 5.32 Å². The first kappa shape index (κ1) is 17.4. The van der Waals surface area contributed by atoms with E-state index in [0.29, 0.717) is 37.7 Å². The maximum Gasteiger partial charge on any atom is 0.143 e. The quantitative estimate of drug-likeness (QED) is 0.821. The number of benzene rings is 1. The number of aliphatic hydroxyl groups is 1. The van der Waals surface area contributed by atoms with Crippen LogP contribution in [-0.2, 0) is 11.3 Å². The predicted molar refractivity (Wildman–Crippen MR) is 89.9 cm³/mol. The molecule has 2 aromatic rings. The van der Waals surface area contributed by atoms with Gasteiger partial charge >= 0.3 is 0 Å². The second-order valence-electron chi connectivity index (χ2n) is 5.92. The van der Waals surface area contributed by atoms with Crippen LogP contribution in [0.4, 0.5) is 15.8 Å². The SMILES string of the molecule is N#Cc1c(F)cccc1Nc1cnn(C[C@@H](O)CN2CCOCC2)c1. The van der Waals surface area contributed by atoms with Gasteiger partial charge in [-0.05, 0) is 12.1 Å². The number of morpholine rings is 1. The van der Waals surface area contributed by atoms with E-state index in [1.54, 1.807) is 23.1 Å². The van der Waals surface area contributed by atoms with E-state index in [4.69, 9.17) is 10.00 Å². The van der Waals surface area contributed by atoms with E-state index in [2.05, 4.69) is 15.3 Å². The van der Waals surface area contributed by atoms with E-state index >= 15 is 0 Å². The minimum atomic E-state index is -0.569. The number of hydrogen-bond acceptors (Lipinski definition) is 6. The van der Waals surface area contributed by atoms with Gasteiger partial charge in [0.15, 0.2) is 0 Å². The molecule has 1 fully saturated rings. The molecule has 0 spiro atoms. The first-order valence-electron chi connectivity index (χ1n) is 8.12. The van der Waals surface area contributed by atoms with Gasteiger partial charge in [0.05, 0.1) is 43.4 Å². The fourth-order valence-electron chi connectivity index (χ4n) is 2.78. The summed E-state index contributed by atoms with van der Waals surface area (Å²) < 4.78 is 20.5. The summed E-state index contributed by atoms with van der Waals surface area (Å²) in [4.78, 5) is 2.16. The van der Waals surface area contributed by atoms with E-state index in [0.717, 1.165) is 13.1 Å². The van der Waals surface area contributed by atoms with Crippen molar-refractivity contribution in [1.82, 2.24) is 14.7 Å². The van der Waals surface area contributed by atoms with Crippen LogP contribution >= 0.6 is 0 Å². The van der Waals surface area contributed by atoms with Gasteiger partial charge in [0.25, 0.3) is 0 Å². The lowest BCUT2D eigenvalue weighted by Gasteiger charge is -2.28. The predicted octanol–water partition coefficient (Wildman–Crippen LogP) is 1.33. The van der Waals surface area contributed by atoms with Crippen LogP contribution in [0.2, 0.25) is 0 Å². The van der Waals surface area contributed by atoms with Gasteiger partial charge in [0, 0.05) is 25.8 Å². The highest BCUT2D eigenvalue weighted by Crippen LogP contribution is 2.22. The number of aromatic nitrogens is 2. The fraction of sp³-hybridized carbons (Fsp3) is 0.412. The monoisotopic (exact) mass is 345 g/mol. The number of β-amino-alcohol motifs (C(OH)–C–C–N with tert-alkyl or cyclic N) is 1. The number of anilines is 2. The number of nitrogens with zero attached hydrogens (tertiary/aromatic N) is 4. The molecule has 8 heteroatoms. The Bertz CT molecular complexity index is 752. The third kappa shape index (κ3) is 4.54. The minimum absolute atomic E-state index is 0.0393. The molecule has 132 valence electrons. The molecule has 2 N–H and O–H groups in total. The highest BCUT2D eigenvalue weighted by molar-refractivity contribution is 5.65. The van der Waals surface area contributed by atoms with Crippen molar-refractivity contribution in [3.8, 4) is 6.07 Å². The Hall–Kier alpha value is -2.47. The van der Waals surface area contributed by atoms with E-state index in [1.165, 1.54) is 12.1 Å². The molecule has 0 radical (unpaired) electrons. The lowest BCUT2D eigenvalue weighted by molar-refractivity contribution is 0.0108. The molecule has 0 unspecified atom stereocenters. The zero-order chi connectivity index (χ0) is 17.6. The summed E-state index contributed by atoms with van der Waals surface area (Å²) in [7, 11) is 0. The fourth-order valence-corrected chi connectivity index (χ4v) is 2.78. The molecule has 3 rings (SSSR count). The molecule has 0 amide bonds. The largest absolute Gasteiger partial charge is 0.390 e. The van der Waals surface area contributed by atoms with Crippen molar-refractivity contribution in [2.45, 2.75) is 12.6 Å². The third-order valence-electron chi connectivity index (χ3n) is 4.01. The number of halogens is 1. The number of ether oxygens (including phenoxy) is 1. The second kappa shape index (κ2) is 8.07. The second-order valence-corrected chi connectivity index (χ2v) is 5.92. The summed E-state index contributed by atoms with van der Waals surface area (Å²) >= 11 is 0. The molecule has 1 aliphatic rings. The first-order valence-corrected chi connectivity index (χ1v) is 8.12. The summed E-state index contributed by atoms with van der Waals surface area (Å²) in [5.74, 6) is -0.569. The normalized spacial score (nSPS) is 16.4. The molecule has 1 atom stereocenters. The van der Waals surface area contributed by atoms with E-state index < -0.39 is 11.9 Å². The van der Waals surface area contributed by atoms with E-state index in [1.807, 2.05) is 6.07 Å². The average molecular weight is 345 g/mol. The highest BCUT2D eigenvalue weighted by atomic mass is 19.1. The lowest BCUT2D eigenvalue weighted by Crippen LogP contribution is -2.42. The first-order chi connectivity index (χ1) is 12.2. The van der Waals surface area contributed by atoms with Gasteiger partial charge in [-0.25, -0.2) is 4.39 Å². The third-order valence-corrected chi connectivity index (χ3v) is 4.01. The Morgan fingerprint density at radius 2 is 2.16 bits per heavy atom. The van der Waals surface area contributed by atoms with Gasteiger partial charge in [-0.1, -0.05) is 6.07 Å². The molecule has 2 heterocycles. The number of nitrogens with one attached hydrogen (secondary N) is 1. The summed E-state index contributed by atoms with van der Waals surface area (Å²) in [6, 6.07) is 6.26. The van der Waals surface area contributed by atoms with Gasteiger partial charge in [-0.15, -0.1) is 0 Å². The Morgan fingerprint density at radius 3 is 2.92 bits per heavy atom. The van der Waals surface area contributed by atoms with Crippen molar-refractivity contribution in [3.63, 3.8) is 0 Å². The van der Waals surface area contributed by atoms with Crippen LogP contribution in [0.5, 0.6) is 0 Å². The number of rotatable bonds is 6. The molecule has 1 aromatic heterocycles. The lowest BCUT2D eigenvalue weighted by atomic mass is 10.2. The number of aliphatic hydroxyl groups excluding tert-OH is 1. The van der Waals surface area contributed by atoms with Gasteiger partial charge in [0.2, 0.25) is 0 Å². The van der Waals surface area contributed by atoms with Crippen molar-refractivity contribution in [2.24, 2.45) is 0 Å². The molecule has 1 aliphatic heterocycles. The van der Waals surface area contributed by atoms with Crippen LogP contribution in [0.1, 0.15) is 5.56 Å². The van der Waals surface area contributed by atoms with Crippen LogP contribution in [-0.4, -0.2) is 58.7 Å². The smallest absolute Gasteiger partial charge is 0.143 e. The van der Waals surface area contributed by atoms with Crippen LogP contribution in [0.15, 0.2) is 30.6 Å². The molecule has 1 aromatic carbocycles. The molecule has 25 heavy (non-hydrogen) atoms. The Morgan fingerprint density at radius 1 is 1.36 bits per heavy atom. The molecule has 0 aliphatic carbocycles. The van der Waals surface area contributed by atoms with E-state index in [-0.39, 0.29) is 5.56 Å². The van der Waals surface area contributed by atoms with Gasteiger partial charge in [-0.2, -0.15) is 10.4 Å². The molecular formula is C17H20FN5O2. The summed E-state index contributed by atoms with van der Waals surface area (Å²) in [6.45, 7) is 3.94. The van der Waals surface area contributed by atoms with E-state index in [9.17, 15) is 9.50 Å². The Balaban J connectivity index is 1.59. The number of nitriles is 1. The van der Waals surface area contributed by atoms with Crippen LogP contribution in [0.3, 0.4) is 0 Å².